The van der Waals surface area contributed by atoms with Gasteiger partial charge in [-0.05, 0) is 48.2 Å². The van der Waals surface area contributed by atoms with Crippen molar-refractivity contribution in [1.82, 2.24) is 0 Å². The van der Waals surface area contributed by atoms with Crippen molar-refractivity contribution in [2.75, 3.05) is 14.2 Å². The van der Waals surface area contributed by atoms with Gasteiger partial charge < -0.3 is 15.2 Å². The second kappa shape index (κ2) is 5.97. The van der Waals surface area contributed by atoms with Gasteiger partial charge in [0.25, 0.3) is 0 Å². The van der Waals surface area contributed by atoms with E-state index in [9.17, 15) is 0 Å². The summed E-state index contributed by atoms with van der Waals surface area (Å²) in [6.07, 6.45) is 0. The Bertz CT molecular complexity index is 621. The zero-order chi connectivity index (χ0) is 14.7. The summed E-state index contributed by atoms with van der Waals surface area (Å²) in [5.74, 6) is 1.46. The maximum absolute atomic E-state index is 5.77. The molecule has 0 aliphatic rings. The molecule has 20 heavy (non-hydrogen) atoms. The number of rotatable bonds is 4. The van der Waals surface area contributed by atoms with Crippen LogP contribution in [0.2, 0.25) is 0 Å². The van der Waals surface area contributed by atoms with Crippen molar-refractivity contribution in [3.8, 4) is 22.6 Å². The fourth-order valence-corrected chi connectivity index (χ4v) is 2.26. The van der Waals surface area contributed by atoms with Crippen LogP contribution in [0.25, 0.3) is 11.1 Å². The molecule has 2 N–H and O–H groups in total. The molecule has 0 aliphatic carbocycles. The van der Waals surface area contributed by atoms with Crippen molar-refractivity contribution in [2.24, 2.45) is 5.73 Å². The highest BCUT2D eigenvalue weighted by atomic mass is 16.5. The summed E-state index contributed by atoms with van der Waals surface area (Å²) < 4.78 is 10.9. The van der Waals surface area contributed by atoms with Gasteiger partial charge in [-0.15, -0.1) is 0 Å². The van der Waals surface area contributed by atoms with Crippen molar-refractivity contribution < 1.29 is 9.47 Å². The predicted molar refractivity (Wildman–Crippen MR) is 82.3 cm³/mol. The van der Waals surface area contributed by atoms with E-state index in [2.05, 4.69) is 38.1 Å². The number of hydrogen-bond acceptors (Lipinski definition) is 3. The lowest BCUT2D eigenvalue weighted by Gasteiger charge is -2.15. The van der Waals surface area contributed by atoms with E-state index in [4.69, 9.17) is 15.2 Å². The molecule has 3 heteroatoms. The van der Waals surface area contributed by atoms with Gasteiger partial charge in [-0.25, -0.2) is 0 Å². The van der Waals surface area contributed by atoms with Gasteiger partial charge in [0.15, 0.2) is 11.5 Å². The first-order valence-corrected chi connectivity index (χ1v) is 6.63. The number of ether oxygens (including phenoxy) is 2. The summed E-state index contributed by atoms with van der Waals surface area (Å²) in [6, 6.07) is 10.4. The first-order valence-electron chi connectivity index (χ1n) is 6.63. The van der Waals surface area contributed by atoms with Gasteiger partial charge in [0, 0.05) is 12.1 Å². The summed E-state index contributed by atoms with van der Waals surface area (Å²) in [5, 5.41) is 0. The molecule has 0 aliphatic heterocycles. The molecule has 0 saturated carbocycles. The van der Waals surface area contributed by atoms with Gasteiger partial charge in [0.05, 0.1) is 14.2 Å². The first-order chi connectivity index (χ1) is 9.60. The van der Waals surface area contributed by atoms with Crippen LogP contribution in [0.1, 0.15) is 16.7 Å². The van der Waals surface area contributed by atoms with Crippen LogP contribution < -0.4 is 15.2 Å². The lowest BCUT2D eigenvalue weighted by atomic mass is 9.97. The molecule has 0 fully saturated rings. The van der Waals surface area contributed by atoms with Gasteiger partial charge >= 0.3 is 0 Å². The molecular formula is C17H21NO2. The normalized spacial score (nSPS) is 10.4. The zero-order valence-electron chi connectivity index (χ0n) is 12.5. The van der Waals surface area contributed by atoms with Crippen LogP contribution in [0, 0.1) is 13.8 Å². The molecule has 0 amide bonds. The Morgan fingerprint density at radius 2 is 1.70 bits per heavy atom. The number of nitrogens with two attached hydrogens (primary N) is 1. The van der Waals surface area contributed by atoms with Crippen LogP contribution >= 0.6 is 0 Å². The monoisotopic (exact) mass is 271 g/mol. The molecule has 0 radical (unpaired) electrons. The number of aryl methyl sites for hydroxylation is 2. The number of methoxy groups -OCH3 is 2. The highest BCUT2D eigenvalue weighted by Gasteiger charge is 2.14. The number of benzene rings is 2. The lowest BCUT2D eigenvalue weighted by molar-refractivity contribution is 0.355. The Morgan fingerprint density at radius 3 is 2.25 bits per heavy atom. The lowest BCUT2D eigenvalue weighted by Crippen LogP contribution is -2.00. The average molecular weight is 271 g/mol. The summed E-state index contributed by atoms with van der Waals surface area (Å²) in [5.41, 5.74) is 11.4. The second-order valence-electron chi connectivity index (χ2n) is 4.88. The van der Waals surface area contributed by atoms with E-state index >= 15 is 0 Å². The van der Waals surface area contributed by atoms with Crippen molar-refractivity contribution in [3.05, 3.63) is 47.0 Å². The molecule has 2 aromatic rings. The van der Waals surface area contributed by atoms with Crippen molar-refractivity contribution in [1.29, 1.82) is 0 Å². The van der Waals surface area contributed by atoms with E-state index in [-0.39, 0.29) is 0 Å². The van der Waals surface area contributed by atoms with Crippen LogP contribution in [-0.2, 0) is 6.54 Å². The van der Waals surface area contributed by atoms with Crippen LogP contribution in [0.3, 0.4) is 0 Å². The standard InChI is InChI=1S/C17H21NO2/c1-11-5-6-14(7-12(11)2)15-8-13(10-18)9-16(19-3)17(15)20-4/h5-9H,10,18H2,1-4H3. The minimum Gasteiger partial charge on any atom is -0.493 e. The molecule has 0 bridgehead atoms. The molecule has 106 valence electrons. The molecule has 3 nitrogen and oxygen atoms in total. The Balaban J connectivity index is 2.67. The zero-order valence-corrected chi connectivity index (χ0v) is 12.5. The van der Waals surface area contributed by atoms with E-state index in [1.807, 2.05) is 6.07 Å². The molecule has 0 saturated heterocycles. The van der Waals surface area contributed by atoms with Crippen LogP contribution in [0.5, 0.6) is 11.5 Å². The molecule has 2 aromatic carbocycles. The summed E-state index contributed by atoms with van der Waals surface area (Å²) >= 11 is 0. The summed E-state index contributed by atoms with van der Waals surface area (Å²) in [6.45, 7) is 4.68. The Morgan fingerprint density at radius 1 is 0.950 bits per heavy atom. The van der Waals surface area contributed by atoms with Crippen LogP contribution in [-0.4, -0.2) is 14.2 Å². The quantitative estimate of drug-likeness (QED) is 0.926. The topological polar surface area (TPSA) is 44.5 Å². The molecule has 0 unspecified atom stereocenters. The Labute approximate surface area is 120 Å². The third-order valence-electron chi connectivity index (χ3n) is 3.59. The average Bonchev–Trinajstić information content (AvgIpc) is 2.48. The second-order valence-corrected chi connectivity index (χ2v) is 4.88. The third kappa shape index (κ3) is 2.63. The van der Waals surface area contributed by atoms with E-state index in [0.29, 0.717) is 12.3 Å². The highest BCUT2D eigenvalue weighted by molar-refractivity contribution is 5.75. The largest absolute Gasteiger partial charge is 0.493 e. The van der Waals surface area contributed by atoms with Gasteiger partial charge in [-0.3, -0.25) is 0 Å². The minimum atomic E-state index is 0.470. The maximum atomic E-state index is 5.77. The number of hydrogen-bond donors (Lipinski definition) is 1. The molecule has 2 rings (SSSR count). The van der Waals surface area contributed by atoms with Gasteiger partial charge in [0.1, 0.15) is 0 Å². The van der Waals surface area contributed by atoms with E-state index in [1.165, 1.54) is 11.1 Å². The molecular weight excluding hydrogens is 250 g/mol. The smallest absolute Gasteiger partial charge is 0.168 e. The molecule has 0 heterocycles. The van der Waals surface area contributed by atoms with Crippen molar-refractivity contribution in [2.45, 2.75) is 20.4 Å². The van der Waals surface area contributed by atoms with Crippen LogP contribution in [0.15, 0.2) is 30.3 Å². The van der Waals surface area contributed by atoms with Crippen molar-refractivity contribution >= 4 is 0 Å². The molecule has 0 aromatic heterocycles. The van der Waals surface area contributed by atoms with E-state index < -0.39 is 0 Å². The predicted octanol–water partition coefficient (Wildman–Crippen LogP) is 3.45. The minimum absolute atomic E-state index is 0.470. The molecule has 0 atom stereocenters. The van der Waals surface area contributed by atoms with Gasteiger partial charge in [-0.2, -0.15) is 0 Å². The fourth-order valence-electron chi connectivity index (χ4n) is 2.26. The van der Waals surface area contributed by atoms with Crippen molar-refractivity contribution in [3.63, 3.8) is 0 Å². The van der Waals surface area contributed by atoms with E-state index in [0.717, 1.165) is 22.4 Å². The highest BCUT2D eigenvalue weighted by Crippen LogP contribution is 2.39. The van der Waals surface area contributed by atoms with Gasteiger partial charge in [-0.1, -0.05) is 18.2 Å². The fraction of sp³-hybridized carbons (Fsp3) is 0.294. The van der Waals surface area contributed by atoms with Gasteiger partial charge in [0.2, 0.25) is 0 Å². The Hall–Kier alpha value is -2.00. The SMILES string of the molecule is COc1cc(CN)cc(-c2ccc(C)c(C)c2)c1OC. The summed E-state index contributed by atoms with van der Waals surface area (Å²) in [4.78, 5) is 0. The maximum Gasteiger partial charge on any atom is 0.168 e. The molecule has 0 spiro atoms. The van der Waals surface area contributed by atoms with E-state index in [1.54, 1.807) is 14.2 Å². The Kier molecular flexibility index (Phi) is 4.30. The third-order valence-corrected chi connectivity index (χ3v) is 3.59. The summed E-state index contributed by atoms with van der Waals surface area (Å²) in [7, 11) is 3.30. The first kappa shape index (κ1) is 14.4. The van der Waals surface area contributed by atoms with Crippen LogP contribution in [0.4, 0.5) is 0 Å².